The van der Waals surface area contributed by atoms with E-state index >= 15 is 0 Å². The number of rotatable bonds is 6. The molecule has 0 aliphatic heterocycles. The number of nitrogens with one attached hydrogen (secondary N) is 2. The van der Waals surface area contributed by atoms with E-state index < -0.39 is 0 Å². The Kier molecular flexibility index (Phi) is 6.03. The van der Waals surface area contributed by atoms with Gasteiger partial charge in [-0.3, -0.25) is 10.2 Å². The van der Waals surface area contributed by atoms with Crippen molar-refractivity contribution < 1.29 is 4.79 Å². The fourth-order valence-corrected chi connectivity index (χ4v) is 1.99. The summed E-state index contributed by atoms with van der Waals surface area (Å²) in [4.78, 5) is 11.2. The molecule has 1 amide bonds. The van der Waals surface area contributed by atoms with Crippen LogP contribution in [0.2, 0.25) is 0 Å². The Labute approximate surface area is 116 Å². The minimum Gasteiger partial charge on any atom is -0.292 e. The second-order valence-electron chi connectivity index (χ2n) is 5.95. The predicted molar refractivity (Wildman–Crippen MR) is 79.9 cm³/mol. The molecule has 0 radical (unpaired) electrons. The smallest absolute Gasteiger partial charge is 0.234 e. The molecule has 0 unspecified atom stereocenters. The Morgan fingerprint density at radius 2 is 1.74 bits per heavy atom. The summed E-state index contributed by atoms with van der Waals surface area (Å²) in [5, 5.41) is 0. The normalized spacial score (nSPS) is 11.4. The maximum atomic E-state index is 11.2. The monoisotopic (exact) mass is 262 g/mol. The first-order valence-electron chi connectivity index (χ1n) is 6.98. The molecule has 0 bridgehead atoms. The second-order valence-corrected chi connectivity index (χ2v) is 5.95. The van der Waals surface area contributed by atoms with Gasteiger partial charge in [0, 0.05) is 13.5 Å². The van der Waals surface area contributed by atoms with E-state index in [9.17, 15) is 4.79 Å². The van der Waals surface area contributed by atoms with Gasteiger partial charge in [0.25, 0.3) is 0 Å². The van der Waals surface area contributed by atoms with Gasteiger partial charge in [0.1, 0.15) is 0 Å². The van der Waals surface area contributed by atoms with Gasteiger partial charge in [-0.05, 0) is 35.8 Å². The van der Waals surface area contributed by atoms with Crippen molar-refractivity contribution >= 4 is 5.91 Å². The van der Waals surface area contributed by atoms with Gasteiger partial charge in [-0.25, -0.2) is 5.43 Å². The molecule has 3 nitrogen and oxygen atoms in total. The van der Waals surface area contributed by atoms with Gasteiger partial charge >= 0.3 is 0 Å². The Morgan fingerprint density at radius 1 is 1.11 bits per heavy atom. The van der Waals surface area contributed by atoms with Crippen LogP contribution in [0.5, 0.6) is 0 Å². The zero-order chi connectivity index (χ0) is 14.3. The van der Waals surface area contributed by atoms with E-state index in [1.165, 1.54) is 11.1 Å². The van der Waals surface area contributed by atoms with Gasteiger partial charge < -0.3 is 0 Å². The zero-order valence-corrected chi connectivity index (χ0v) is 12.5. The molecule has 19 heavy (non-hydrogen) atoms. The van der Waals surface area contributed by atoms with E-state index in [2.05, 4.69) is 55.9 Å². The Hall–Kier alpha value is -1.35. The molecule has 1 aromatic carbocycles. The molecular formula is C16H26N2O. The number of hydrogen-bond donors (Lipinski definition) is 2. The van der Waals surface area contributed by atoms with Gasteiger partial charge in [0.05, 0.1) is 0 Å². The lowest BCUT2D eigenvalue weighted by Crippen LogP contribution is -2.33. The predicted octanol–water partition coefficient (Wildman–Crippen LogP) is 2.95. The van der Waals surface area contributed by atoms with E-state index in [0.717, 1.165) is 19.3 Å². The highest BCUT2D eigenvalue weighted by atomic mass is 16.2. The van der Waals surface area contributed by atoms with Crippen molar-refractivity contribution in [2.24, 2.45) is 0 Å². The Bertz CT molecular complexity index is 390. The van der Waals surface area contributed by atoms with Gasteiger partial charge in [0.15, 0.2) is 0 Å². The topological polar surface area (TPSA) is 41.1 Å². The molecule has 0 aromatic heterocycles. The third kappa shape index (κ3) is 5.88. The minimum absolute atomic E-state index is 0.0607. The molecule has 0 saturated heterocycles. The van der Waals surface area contributed by atoms with Gasteiger partial charge in [0.2, 0.25) is 5.91 Å². The third-order valence-electron chi connectivity index (χ3n) is 3.20. The van der Waals surface area contributed by atoms with E-state index in [1.807, 2.05) is 0 Å². The summed E-state index contributed by atoms with van der Waals surface area (Å²) < 4.78 is 0. The lowest BCUT2D eigenvalue weighted by Gasteiger charge is -2.19. The number of aryl methyl sites for hydroxylation is 1. The van der Waals surface area contributed by atoms with Crippen LogP contribution < -0.4 is 10.9 Å². The maximum Gasteiger partial charge on any atom is 0.234 e. The lowest BCUT2D eigenvalue weighted by molar-refractivity contribution is -0.122. The Morgan fingerprint density at radius 3 is 2.26 bits per heavy atom. The first kappa shape index (κ1) is 15.7. The summed E-state index contributed by atoms with van der Waals surface area (Å²) >= 11 is 0. The van der Waals surface area contributed by atoms with E-state index in [0.29, 0.717) is 6.42 Å². The first-order valence-corrected chi connectivity index (χ1v) is 6.98. The molecule has 1 rings (SSSR count). The fraction of sp³-hybridized carbons (Fsp3) is 0.562. The summed E-state index contributed by atoms with van der Waals surface area (Å²) in [5.74, 6) is 0.0607. The second kappa shape index (κ2) is 7.29. The highest BCUT2D eigenvalue weighted by Crippen LogP contribution is 2.22. The molecule has 0 aliphatic carbocycles. The van der Waals surface area contributed by atoms with Crippen molar-refractivity contribution in [2.75, 3.05) is 7.05 Å². The van der Waals surface area contributed by atoms with Crippen LogP contribution in [0.3, 0.4) is 0 Å². The summed E-state index contributed by atoms with van der Waals surface area (Å²) in [5.41, 5.74) is 8.15. The summed E-state index contributed by atoms with van der Waals surface area (Å²) in [6.07, 6.45) is 3.60. The van der Waals surface area contributed by atoms with Crippen LogP contribution in [-0.4, -0.2) is 13.0 Å². The molecule has 2 N–H and O–H groups in total. The Balaban J connectivity index is 2.33. The molecule has 0 fully saturated rings. The standard InChI is InChI=1S/C16H26N2O/c1-16(2,3)14-11-9-13(10-12-14)7-5-6-8-15(19)18-17-4/h9-12,17H,5-8H2,1-4H3,(H,18,19). The van der Waals surface area contributed by atoms with Gasteiger partial charge in [-0.15, -0.1) is 0 Å². The van der Waals surface area contributed by atoms with Crippen molar-refractivity contribution in [1.29, 1.82) is 0 Å². The van der Waals surface area contributed by atoms with Crippen LogP contribution in [0.15, 0.2) is 24.3 Å². The van der Waals surface area contributed by atoms with Crippen LogP contribution in [0.1, 0.15) is 51.2 Å². The maximum absolute atomic E-state index is 11.2. The van der Waals surface area contributed by atoms with Crippen LogP contribution in [0, 0.1) is 0 Å². The molecule has 0 heterocycles. The van der Waals surface area contributed by atoms with Crippen molar-refractivity contribution in [1.82, 2.24) is 10.9 Å². The summed E-state index contributed by atoms with van der Waals surface area (Å²) in [6.45, 7) is 6.67. The fourth-order valence-electron chi connectivity index (χ4n) is 1.99. The molecule has 106 valence electrons. The van der Waals surface area contributed by atoms with E-state index in [-0.39, 0.29) is 11.3 Å². The molecule has 0 aliphatic rings. The zero-order valence-electron chi connectivity index (χ0n) is 12.5. The third-order valence-corrected chi connectivity index (χ3v) is 3.20. The molecular weight excluding hydrogens is 236 g/mol. The van der Waals surface area contributed by atoms with Gasteiger partial charge in [-0.2, -0.15) is 0 Å². The van der Waals surface area contributed by atoms with Gasteiger partial charge in [-0.1, -0.05) is 45.0 Å². The van der Waals surface area contributed by atoms with Crippen LogP contribution in [0.4, 0.5) is 0 Å². The average molecular weight is 262 g/mol. The molecule has 0 spiro atoms. The van der Waals surface area contributed by atoms with Crippen molar-refractivity contribution in [3.63, 3.8) is 0 Å². The number of carbonyl (C=O) groups excluding carboxylic acids is 1. The summed E-state index contributed by atoms with van der Waals surface area (Å²) in [6, 6.07) is 8.83. The number of unbranched alkanes of at least 4 members (excludes halogenated alkanes) is 1. The SMILES string of the molecule is CNNC(=O)CCCCc1ccc(C(C)(C)C)cc1. The number of hydrazine groups is 1. The highest BCUT2D eigenvalue weighted by Gasteiger charge is 2.12. The number of carbonyl (C=O) groups is 1. The summed E-state index contributed by atoms with van der Waals surface area (Å²) in [7, 11) is 1.70. The quantitative estimate of drug-likeness (QED) is 0.611. The van der Waals surface area contributed by atoms with E-state index in [4.69, 9.17) is 0 Å². The van der Waals surface area contributed by atoms with Crippen LogP contribution in [0.25, 0.3) is 0 Å². The number of hydrogen-bond acceptors (Lipinski definition) is 2. The molecule has 0 saturated carbocycles. The van der Waals surface area contributed by atoms with Crippen LogP contribution in [-0.2, 0) is 16.6 Å². The molecule has 0 atom stereocenters. The van der Waals surface area contributed by atoms with Crippen molar-refractivity contribution in [3.8, 4) is 0 Å². The molecule has 1 aromatic rings. The van der Waals surface area contributed by atoms with Crippen molar-refractivity contribution in [2.45, 2.75) is 51.9 Å². The van der Waals surface area contributed by atoms with E-state index in [1.54, 1.807) is 7.05 Å². The largest absolute Gasteiger partial charge is 0.292 e. The lowest BCUT2D eigenvalue weighted by atomic mass is 9.86. The average Bonchev–Trinajstić information content (AvgIpc) is 2.34. The minimum atomic E-state index is 0.0607. The first-order chi connectivity index (χ1) is 8.93. The number of amides is 1. The highest BCUT2D eigenvalue weighted by molar-refractivity contribution is 5.75. The molecule has 3 heteroatoms. The van der Waals surface area contributed by atoms with Crippen LogP contribution >= 0.6 is 0 Å². The van der Waals surface area contributed by atoms with Crippen molar-refractivity contribution in [3.05, 3.63) is 35.4 Å². The number of benzene rings is 1.